The summed E-state index contributed by atoms with van der Waals surface area (Å²) in [6.07, 6.45) is 1.39. The second kappa shape index (κ2) is 7.11. The molecule has 2 heterocycles. The third-order valence-electron chi connectivity index (χ3n) is 4.47. The molecule has 0 aliphatic heterocycles. The zero-order valence-electron chi connectivity index (χ0n) is 15.5. The molecule has 4 aromatic rings. The number of aryl methyl sites for hydroxylation is 2. The molecule has 0 bridgehead atoms. The Kier molecular flexibility index (Phi) is 4.49. The fraction of sp³-hybridized carbons (Fsp3) is 0.143. The monoisotopic (exact) mass is 374 g/mol. The summed E-state index contributed by atoms with van der Waals surface area (Å²) in [7, 11) is 0. The smallest absolute Gasteiger partial charge is 0.261 e. The molecule has 2 aromatic heterocycles. The Hall–Kier alpha value is -3.74. The van der Waals surface area contributed by atoms with Gasteiger partial charge in [0.1, 0.15) is 12.3 Å². The first-order valence-corrected chi connectivity index (χ1v) is 8.80. The molecule has 140 valence electrons. The Morgan fingerprint density at radius 3 is 2.75 bits per heavy atom. The average Bonchev–Trinajstić information content (AvgIpc) is 3.03. The molecule has 0 spiro atoms. The van der Waals surface area contributed by atoms with Crippen molar-refractivity contribution in [3.8, 4) is 11.5 Å². The summed E-state index contributed by atoms with van der Waals surface area (Å²) >= 11 is 0. The van der Waals surface area contributed by atoms with E-state index in [0.717, 1.165) is 17.0 Å². The molecule has 0 saturated heterocycles. The van der Waals surface area contributed by atoms with Gasteiger partial charge in [0.15, 0.2) is 0 Å². The quantitative estimate of drug-likeness (QED) is 0.592. The van der Waals surface area contributed by atoms with Gasteiger partial charge in [-0.1, -0.05) is 18.2 Å². The third-order valence-corrected chi connectivity index (χ3v) is 4.47. The molecule has 0 unspecified atom stereocenters. The predicted octanol–water partition coefficient (Wildman–Crippen LogP) is 3.31. The molecule has 0 fully saturated rings. The molecule has 1 amide bonds. The summed E-state index contributed by atoms with van der Waals surface area (Å²) < 4.78 is 6.93. The van der Waals surface area contributed by atoms with E-state index in [2.05, 4.69) is 15.3 Å². The maximum atomic E-state index is 12.5. The van der Waals surface area contributed by atoms with Crippen molar-refractivity contribution in [2.24, 2.45) is 0 Å². The van der Waals surface area contributed by atoms with Crippen LogP contribution in [0.15, 0.2) is 64.1 Å². The van der Waals surface area contributed by atoms with Crippen LogP contribution >= 0.6 is 0 Å². The zero-order chi connectivity index (χ0) is 19.7. The van der Waals surface area contributed by atoms with E-state index in [1.807, 2.05) is 32.0 Å². The first kappa shape index (κ1) is 17.7. The number of anilines is 1. The van der Waals surface area contributed by atoms with Crippen molar-refractivity contribution in [2.45, 2.75) is 20.4 Å². The number of carbonyl (C=O) groups excluding carboxylic acids is 1. The Morgan fingerprint density at radius 1 is 1.14 bits per heavy atom. The van der Waals surface area contributed by atoms with E-state index in [1.54, 1.807) is 30.3 Å². The number of nitrogens with zero attached hydrogens (tertiary/aromatic N) is 3. The number of amides is 1. The van der Waals surface area contributed by atoms with E-state index in [0.29, 0.717) is 22.5 Å². The third kappa shape index (κ3) is 3.42. The van der Waals surface area contributed by atoms with E-state index in [1.165, 1.54) is 10.9 Å². The zero-order valence-corrected chi connectivity index (χ0v) is 15.5. The van der Waals surface area contributed by atoms with Crippen LogP contribution in [0.1, 0.15) is 11.5 Å². The van der Waals surface area contributed by atoms with Crippen molar-refractivity contribution in [3.05, 3.63) is 76.7 Å². The largest absolute Gasteiger partial charge is 0.441 e. The highest BCUT2D eigenvalue weighted by molar-refractivity contribution is 5.91. The van der Waals surface area contributed by atoms with Gasteiger partial charge in [0.25, 0.3) is 5.56 Å². The number of aromatic nitrogens is 3. The standard InChI is InChI=1S/C21H18N4O3/c1-13-14(2)28-20(23-13)15-6-5-7-16(10-15)24-19(26)11-25-12-22-18-9-4-3-8-17(18)21(25)27/h3-10,12H,11H2,1-2H3,(H,24,26). The van der Waals surface area contributed by atoms with Gasteiger partial charge in [0.05, 0.1) is 22.9 Å². The van der Waals surface area contributed by atoms with Gasteiger partial charge >= 0.3 is 0 Å². The van der Waals surface area contributed by atoms with Gasteiger partial charge < -0.3 is 9.73 Å². The van der Waals surface area contributed by atoms with E-state index in [9.17, 15) is 9.59 Å². The first-order chi connectivity index (χ1) is 13.5. The Bertz CT molecular complexity index is 1220. The number of benzene rings is 2. The summed E-state index contributed by atoms with van der Waals surface area (Å²) in [5.74, 6) is 0.935. The SMILES string of the molecule is Cc1nc(-c2cccc(NC(=O)Cn3cnc4ccccc4c3=O)c2)oc1C. The van der Waals surface area contributed by atoms with Crippen molar-refractivity contribution >= 4 is 22.5 Å². The fourth-order valence-corrected chi connectivity index (χ4v) is 2.90. The Labute approximate surface area is 160 Å². The van der Waals surface area contributed by atoms with Gasteiger partial charge in [0.2, 0.25) is 11.8 Å². The van der Waals surface area contributed by atoms with Crippen LogP contribution in [0, 0.1) is 13.8 Å². The second-order valence-electron chi connectivity index (χ2n) is 6.48. The molecule has 7 nitrogen and oxygen atoms in total. The van der Waals surface area contributed by atoms with Crippen LogP contribution in [-0.4, -0.2) is 20.4 Å². The number of para-hydroxylation sites is 1. The minimum atomic E-state index is -0.323. The normalized spacial score (nSPS) is 10.9. The molecule has 0 aliphatic rings. The van der Waals surface area contributed by atoms with Gasteiger partial charge in [-0.25, -0.2) is 9.97 Å². The lowest BCUT2D eigenvalue weighted by atomic mass is 10.2. The van der Waals surface area contributed by atoms with E-state index < -0.39 is 0 Å². The van der Waals surface area contributed by atoms with Gasteiger partial charge in [-0.15, -0.1) is 0 Å². The van der Waals surface area contributed by atoms with E-state index in [-0.39, 0.29) is 18.0 Å². The predicted molar refractivity (Wildman–Crippen MR) is 106 cm³/mol. The van der Waals surface area contributed by atoms with E-state index in [4.69, 9.17) is 4.42 Å². The highest BCUT2D eigenvalue weighted by atomic mass is 16.4. The summed E-state index contributed by atoms with van der Waals surface area (Å²) in [4.78, 5) is 33.6. The van der Waals surface area contributed by atoms with Crippen molar-refractivity contribution in [1.29, 1.82) is 0 Å². The van der Waals surface area contributed by atoms with Crippen molar-refractivity contribution in [3.63, 3.8) is 0 Å². The molecule has 0 aliphatic carbocycles. The number of hydrogen-bond acceptors (Lipinski definition) is 5. The van der Waals surface area contributed by atoms with Crippen LogP contribution in [0.25, 0.3) is 22.4 Å². The summed E-state index contributed by atoms with van der Waals surface area (Å²) in [6.45, 7) is 3.61. The maximum absolute atomic E-state index is 12.5. The lowest BCUT2D eigenvalue weighted by Crippen LogP contribution is -2.27. The van der Waals surface area contributed by atoms with Crippen molar-refractivity contribution in [1.82, 2.24) is 14.5 Å². The summed E-state index contributed by atoms with van der Waals surface area (Å²) in [5, 5.41) is 3.28. The number of oxazole rings is 1. The average molecular weight is 374 g/mol. The van der Waals surface area contributed by atoms with Crippen LogP contribution in [0.2, 0.25) is 0 Å². The summed E-state index contributed by atoms with van der Waals surface area (Å²) in [5.41, 5.74) is 2.54. The number of fused-ring (bicyclic) bond motifs is 1. The van der Waals surface area contributed by atoms with Crippen molar-refractivity contribution < 1.29 is 9.21 Å². The molecule has 0 atom stereocenters. The lowest BCUT2D eigenvalue weighted by molar-refractivity contribution is -0.116. The molecule has 1 N–H and O–H groups in total. The van der Waals surface area contributed by atoms with Crippen LogP contribution in [0.5, 0.6) is 0 Å². The van der Waals surface area contributed by atoms with Crippen LogP contribution in [0.4, 0.5) is 5.69 Å². The van der Waals surface area contributed by atoms with Crippen molar-refractivity contribution in [2.75, 3.05) is 5.32 Å². The molecule has 0 radical (unpaired) electrons. The fourth-order valence-electron chi connectivity index (χ4n) is 2.90. The number of carbonyl (C=O) groups is 1. The minimum Gasteiger partial charge on any atom is -0.441 e. The molecule has 0 saturated carbocycles. The van der Waals surface area contributed by atoms with Gasteiger partial charge in [-0.05, 0) is 44.2 Å². The molecule has 28 heavy (non-hydrogen) atoms. The highest BCUT2D eigenvalue weighted by Gasteiger charge is 2.11. The first-order valence-electron chi connectivity index (χ1n) is 8.80. The lowest BCUT2D eigenvalue weighted by Gasteiger charge is -2.08. The van der Waals surface area contributed by atoms with Gasteiger partial charge in [0, 0.05) is 11.3 Å². The minimum absolute atomic E-state index is 0.127. The number of hydrogen-bond donors (Lipinski definition) is 1. The van der Waals surface area contributed by atoms with E-state index >= 15 is 0 Å². The molecule has 4 rings (SSSR count). The molecular formula is C21H18N4O3. The number of rotatable bonds is 4. The Balaban J connectivity index is 1.54. The summed E-state index contributed by atoms with van der Waals surface area (Å²) in [6, 6.07) is 14.3. The second-order valence-corrected chi connectivity index (χ2v) is 6.48. The van der Waals surface area contributed by atoms with Crippen LogP contribution in [0.3, 0.4) is 0 Å². The molecular weight excluding hydrogens is 356 g/mol. The van der Waals surface area contributed by atoms with Crippen LogP contribution in [-0.2, 0) is 11.3 Å². The van der Waals surface area contributed by atoms with Gasteiger partial charge in [-0.2, -0.15) is 0 Å². The van der Waals surface area contributed by atoms with Crippen LogP contribution < -0.4 is 10.9 Å². The maximum Gasteiger partial charge on any atom is 0.261 e. The van der Waals surface area contributed by atoms with Gasteiger partial charge in [-0.3, -0.25) is 14.2 Å². The topological polar surface area (TPSA) is 90.0 Å². The molecule has 2 aromatic carbocycles. The Morgan fingerprint density at radius 2 is 1.96 bits per heavy atom. The molecule has 7 heteroatoms. The highest BCUT2D eigenvalue weighted by Crippen LogP contribution is 2.24. The number of nitrogens with one attached hydrogen (secondary N) is 1.